The van der Waals surface area contributed by atoms with E-state index in [9.17, 15) is 8.42 Å². The maximum Gasteiger partial charge on any atom is 0.212 e. The summed E-state index contributed by atoms with van der Waals surface area (Å²) in [5.41, 5.74) is 6.28. The fourth-order valence-corrected chi connectivity index (χ4v) is 3.40. The summed E-state index contributed by atoms with van der Waals surface area (Å²) in [4.78, 5) is 0. The number of rotatable bonds is 7. The molecule has 0 aromatic heterocycles. The van der Waals surface area contributed by atoms with Crippen molar-refractivity contribution in [2.75, 3.05) is 12.3 Å². The van der Waals surface area contributed by atoms with Crippen molar-refractivity contribution >= 4 is 26.0 Å². The van der Waals surface area contributed by atoms with E-state index >= 15 is 0 Å². The van der Waals surface area contributed by atoms with Gasteiger partial charge in [0, 0.05) is 10.5 Å². The van der Waals surface area contributed by atoms with Crippen LogP contribution in [0.3, 0.4) is 0 Å². The van der Waals surface area contributed by atoms with E-state index < -0.39 is 10.0 Å². The topological polar surface area (TPSA) is 72.2 Å². The monoisotopic (exact) mass is 334 g/mol. The molecule has 0 aliphatic heterocycles. The first-order valence-electron chi connectivity index (χ1n) is 5.90. The molecule has 0 saturated heterocycles. The largest absolute Gasteiger partial charge is 0.330 e. The van der Waals surface area contributed by atoms with Crippen LogP contribution in [0.5, 0.6) is 0 Å². The van der Waals surface area contributed by atoms with Gasteiger partial charge in [-0.3, -0.25) is 0 Å². The third-order valence-electron chi connectivity index (χ3n) is 2.57. The summed E-state index contributed by atoms with van der Waals surface area (Å²) < 4.78 is 27.2. The Balaban J connectivity index is 2.61. The molecule has 6 heteroatoms. The van der Waals surface area contributed by atoms with Crippen molar-refractivity contribution < 1.29 is 8.42 Å². The van der Waals surface area contributed by atoms with Crippen molar-refractivity contribution in [3.05, 3.63) is 34.3 Å². The van der Waals surface area contributed by atoms with Gasteiger partial charge in [0.25, 0.3) is 0 Å². The molecule has 1 unspecified atom stereocenters. The highest BCUT2D eigenvalue weighted by molar-refractivity contribution is 9.10. The average molecular weight is 335 g/mol. The molecular formula is C12H19BrN2O2S. The van der Waals surface area contributed by atoms with Crippen molar-refractivity contribution in [3.63, 3.8) is 0 Å². The molecule has 18 heavy (non-hydrogen) atoms. The maximum absolute atomic E-state index is 11.8. The van der Waals surface area contributed by atoms with Crippen molar-refractivity contribution in [1.29, 1.82) is 0 Å². The Bertz CT molecular complexity index is 477. The van der Waals surface area contributed by atoms with Crippen molar-refractivity contribution in [1.82, 2.24) is 4.72 Å². The van der Waals surface area contributed by atoms with Crippen LogP contribution in [-0.2, 0) is 10.0 Å². The fourth-order valence-electron chi connectivity index (χ4n) is 1.61. The smallest absolute Gasteiger partial charge is 0.212 e. The zero-order valence-corrected chi connectivity index (χ0v) is 12.8. The third-order valence-corrected chi connectivity index (χ3v) is 4.60. The summed E-state index contributed by atoms with van der Waals surface area (Å²) in [5, 5.41) is 0. The highest BCUT2D eigenvalue weighted by atomic mass is 79.9. The number of nitrogens with one attached hydrogen (secondary N) is 1. The van der Waals surface area contributed by atoms with Crippen LogP contribution in [0.25, 0.3) is 0 Å². The van der Waals surface area contributed by atoms with Crippen LogP contribution in [0, 0.1) is 0 Å². The van der Waals surface area contributed by atoms with E-state index in [1.165, 1.54) is 0 Å². The minimum Gasteiger partial charge on any atom is -0.330 e. The summed E-state index contributed by atoms with van der Waals surface area (Å²) in [7, 11) is -3.23. The van der Waals surface area contributed by atoms with Crippen LogP contribution in [0.4, 0.5) is 0 Å². The highest BCUT2D eigenvalue weighted by Gasteiger charge is 2.15. The normalized spacial score (nSPS) is 13.5. The summed E-state index contributed by atoms with van der Waals surface area (Å²) in [6.07, 6.45) is 1.32. The first kappa shape index (κ1) is 15.6. The van der Waals surface area contributed by atoms with Gasteiger partial charge in [-0.05, 0) is 44.0 Å². The molecule has 1 aromatic carbocycles. The predicted molar refractivity (Wildman–Crippen MR) is 77.8 cm³/mol. The van der Waals surface area contributed by atoms with Crippen LogP contribution in [0.1, 0.15) is 31.4 Å². The van der Waals surface area contributed by atoms with Gasteiger partial charge >= 0.3 is 0 Å². The zero-order chi connectivity index (χ0) is 13.6. The molecule has 4 nitrogen and oxygen atoms in total. The van der Waals surface area contributed by atoms with Crippen LogP contribution in [0.2, 0.25) is 0 Å². The molecule has 0 radical (unpaired) electrons. The van der Waals surface area contributed by atoms with Gasteiger partial charge < -0.3 is 5.73 Å². The lowest BCUT2D eigenvalue weighted by Crippen LogP contribution is -2.29. The second-order valence-corrected chi connectivity index (χ2v) is 7.00. The Morgan fingerprint density at radius 3 is 2.72 bits per heavy atom. The van der Waals surface area contributed by atoms with Gasteiger partial charge in [-0.15, -0.1) is 0 Å². The summed E-state index contributed by atoms with van der Waals surface area (Å²) in [6.45, 7) is 2.36. The molecule has 0 fully saturated rings. The third kappa shape index (κ3) is 5.48. The van der Waals surface area contributed by atoms with Gasteiger partial charge in [-0.2, -0.15) is 0 Å². The van der Waals surface area contributed by atoms with Gasteiger partial charge in [0.1, 0.15) is 0 Å². The number of sulfonamides is 1. The summed E-state index contributed by atoms with van der Waals surface area (Å²) >= 11 is 3.37. The molecule has 0 amide bonds. The lowest BCUT2D eigenvalue weighted by Gasteiger charge is -2.14. The molecule has 0 aliphatic rings. The molecule has 3 N–H and O–H groups in total. The van der Waals surface area contributed by atoms with Crippen LogP contribution < -0.4 is 10.5 Å². The molecule has 102 valence electrons. The minimum absolute atomic E-state index is 0.128. The van der Waals surface area contributed by atoms with E-state index in [0.29, 0.717) is 13.0 Å². The van der Waals surface area contributed by atoms with E-state index in [0.717, 1.165) is 16.5 Å². The molecular weight excluding hydrogens is 316 g/mol. The second-order valence-electron chi connectivity index (χ2n) is 4.21. The number of halogens is 1. The first-order chi connectivity index (χ1) is 8.44. The Morgan fingerprint density at radius 1 is 1.39 bits per heavy atom. The van der Waals surface area contributed by atoms with Gasteiger partial charge in [-0.25, -0.2) is 13.1 Å². The Hall–Kier alpha value is -0.430. The van der Waals surface area contributed by atoms with E-state index in [1.807, 2.05) is 31.2 Å². The second kappa shape index (κ2) is 7.23. The van der Waals surface area contributed by atoms with E-state index in [1.54, 1.807) is 0 Å². The number of benzene rings is 1. The lowest BCUT2D eigenvalue weighted by molar-refractivity contribution is 0.563. The number of hydrogen-bond acceptors (Lipinski definition) is 3. The van der Waals surface area contributed by atoms with Crippen LogP contribution in [0.15, 0.2) is 28.7 Å². The van der Waals surface area contributed by atoms with E-state index in [4.69, 9.17) is 5.73 Å². The SMILES string of the molecule is CC(NS(=O)(=O)CCCCN)c1cccc(Br)c1. The first-order valence-corrected chi connectivity index (χ1v) is 8.34. The minimum atomic E-state index is -3.23. The number of nitrogens with two attached hydrogens (primary N) is 1. The van der Waals surface area contributed by atoms with Crippen molar-refractivity contribution in [2.24, 2.45) is 5.73 Å². The molecule has 0 bridgehead atoms. The van der Waals surface area contributed by atoms with Crippen molar-refractivity contribution in [3.8, 4) is 0 Å². The maximum atomic E-state index is 11.8. The zero-order valence-electron chi connectivity index (χ0n) is 10.4. The van der Waals surface area contributed by atoms with E-state index in [-0.39, 0.29) is 11.8 Å². The van der Waals surface area contributed by atoms with Crippen molar-refractivity contribution in [2.45, 2.75) is 25.8 Å². The Morgan fingerprint density at radius 2 is 2.11 bits per heavy atom. The fraction of sp³-hybridized carbons (Fsp3) is 0.500. The predicted octanol–water partition coefficient (Wildman–Crippen LogP) is 2.17. The van der Waals surface area contributed by atoms with Crippen LogP contribution >= 0.6 is 15.9 Å². The highest BCUT2D eigenvalue weighted by Crippen LogP contribution is 2.18. The van der Waals surface area contributed by atoms with Gasteiger partial charge in [-0.1, -0.05) is 28.1 Å². The molecule has 0 heterocycles. The van der Waals surface area contributed by atoms with Gasteiger partial charge in [0.2, 0.25) is 10.0 Å². The molecule has 1 atom stereocenters. The summed E-state index contributed by atoms with van der Waals surface area (Å²) in [6, 6.07) is 7.38. The average Bonchev–Trinajstić information content (AvgIpc) is 2.28. The van der Waals surface area contributed by atoms with Crippen LogP contribution in [-0.4, -0.2) is 20.7 Å². The van der Waals surface area contributed by atoms with Gasteiger partial charge in [0.15, 0.2) is 0 Å². The van der Waals surface area contributed by atoms with Gasteiger partial charge in [0.05, 0.1) is 5.75 Å². The standard InChI is InChI=1S/C12H19BrN2O2S/c1-10(11-5-4-6-12(13)9-11)15-18(16,17)8-3-2-7-14/h4-6,9-10,15H,2-3,7-8,14H2,1H3. The number of unbranched alkanes of at least 4 members (excludes halogenated alkanes) is 1. The molecule has 1 aromatic rings. The lowest BCUT2D eigenvalue weighted by atomic mass is 10.1. The Kier molecular flexibility index (Phi) is 6.28. The summed E-state index contributed by atoms with van der Waals surface area (Å²) in [5.74, 6) is 0.128. The molecule has 0 saturated carbocycles. The molecule has 0 aliphatic carbocycles. The molecule has 1 rings (SSSR count). The Labute approximate surface area is 117 Å². The molecule has 0 spiro atoms. The van der Waals surface area contributed by atoms with E-state index in [2.05, 4.69) is 20.7 Å². The number of hydrogen-bond donors (Lipinski definition) is 2. The quantitative estimate of drug-likeness (QED) is 0.750.